The Hall–Kier alpha value is -2.37. The van der Waals surface area contributed by atoms with Gasteiger partial charge in [-0.1, -0.05) is 40.0 Å². The molecule has 6 heteroatoms. The van der Waals surface area contributed by atoms with Crippen LogP contribution in [0.4, 0.5) is 0 Å². The predicted molar refractivity (Wildman–Crippen MR) is 117 cm³/mol. The Bertz CT molecular complexity index is 956. The van der Waals surface area contributed by atoms with Crippen LogP contribution in [0.1, 0.15) is 63.4 Å². The molecular formula is C24H33N3O3. The third kappa shape index (κ3) is 3.96. The Balaban J connectivity index is 1.61. The zero-order chi connectivity index (χ0) is 21.5. The second kappa shape index (κ2) is 8.05. The number of carbonyl (C=O) groups is 2. The highest BCUT2D eigenvalue weighted by molar-refractivity contribution is 6.08. The van der Waals surface area contributed by atoms with E-state index in [0.29, 0.717) is 17.4 Å². The van der Waals surface area contributed by atoms with Gasteiger partial charge < -0.3 is 9.64 Å². The molecule has 2 aromatic rings. The standard InChI is InChI=1S/C24H33N3O3/c1-24(2,3)23(29)22-19-10-9-18(30-4)13-20(19)27(25-22)15-21(28)26-12-11-16-7-5-6-8-17(16)14-26/h9-10,13,16-17H,5-8,11-12,14-15H2,1-4H3. The lowest BCUT2D eigenvalue weighted by atomic mass is 9.75. The summed E-state index contributed by atoms with van der Waals surface area (Å²) in [5.74, 6) is 2.18. The van der Waals surface area contributed by atoms with Crippen LogP contribution < -0.4 is 4.74 Å². The first-order valence-electron chi connectivity index (χ1n) is 11.1. The number of nitrogens with zero attached hydrogens (tertiary/aromatic N) is 3. The Kier molecular flexibility index (Phi) is 5.60. The van der Waals surface area contributed by atoms with Gasteiger partial charge in [0.1, 0.15) is 18.0 Å². The van der Waals surface area contributed by atoms with Crippen LogP contribution in [-0.4, -0.2) is 46.6 Å². The van der Waals surface area contributed by atoms with Crippen LogP contribution in [0, 0.1) is 17.3 Å². The van der Waals surface area contributed by atoms with Gasteiger partial charge in [-0.25, -0.2) is 0 Å². The van der Waals surface area contributed by atoms with Crippen molar-refractivity contribution in [3.63, 3.8) is 0 Å². The topological polar surface area (TPSA) is 64.4 Å². The van der Waals surface area contributed by atoms with Gasteiger partial charge in [-0.15, -0.1) is 0 Å². The van der Waals surface area contributed by atoms with Crippen molar-refractivity contribution in [3.05, 3.63) is 23.9 Å². The summed E-state index contributed by atoms with van der Waals surface area (Å²) in [7, 11) is 1.61. The molecule has 2 heterocycles. The largest absolute Gasteiger partial charge is 0.497 e. The zero-order valence-electron chi connectivity index (χ0n) is 18.6. The second-order valence-corrected chi connectivity index (χ2v) is 9.90. The fourth-order valence-electron chi connectivity index (χ4n) is 4.98. The van der Waals surface area contributed by atoms with Crippen LogP contribution in [0.5, 0.6) is 5.75 Å². The zero-order valence-corrected chi connectivity index (χ0v) is 18.6. The van der Waals surface area contributed by atoms with Crippen molar-refractivity contribution < 1.29 is 14.3 Å². The fraction of sp³-hybridized carbons (Fsp3) is 0.625. The number of ketones is 1. The smallest absolute Gasteiger partial charge is 0.244 e. The Morgan fingerprint density at radius 1 is 1.13 bits per heavy atom. The number of methoxy groups -OCH3 is 1. The number of piperidine rings is 1. The number of carbonyl (C=O) groups excluding carboxylic acids is 2. The van der Waals surface area contributed by atoms with Crippen LogP contribution in [0.15, 0.2) is 18.2 Å². The van der Waals surface area contributed by atoms with Gasteiger partial charge in [-0.2, -0.15) is 5.10 Å². The lowest BCUT2D eigenvalue weighted by Crippen LogP contribution is -2.46. The molecule has 2 atom stereocenters. The van der Waals surface area contributed by atoms with Crippen LogP contribution in [0.2, 0.25) is 0 Å². The van der Waals surface area contributed by atoms with Gasteiger partial charge >= 0.3 is 0 Å². The number of fused-ring (bicyclic) bond motifs is 2. The molecule has 1 saturated heterocycles. The average molecular weight is 412 g/mol. The van der Waals surface area contributed by atoms with Crippen LogP contribution >= 0.6 is 0 Å². The van der Waals surface area contributed by atoms with Gasteiger partial charge in [-0.05, 0) is 36.8 Å². The first-order valence-corrected chi connectivity index (χ1v) is 11.1. The minimum Gasteiger partial charge on any atom is -0.497 e. The van der Waals surface area contributed by atoms with Crippen molar-refractivity contribution in [1.29, 1.82) is 0 Å². The van der Waals surface area contributed by atoms with Crippen molar-refractivity contribution >= 4 is 22.6 Å². The van der Waals surface area contributed by atoms with Crippen molar-refractivity contribution in [1.82, 2.24) is 14.7 Å². The maximum absolute atomic E-state index is 13.2. The number of likely N-dealkylation sites (tertiary alicyclic amines) is 1. The number of rotatable bonds is 4. The summed E-state index contributed by atoms with van der Waals surface area (Å²) in [4.78, 5) is 28.2. The highest BCUT2D eigenvalue weighted by Crippen LogP contribution is 2.36. The van der Waals surface area contributed by atoms with Gasteiger partial charge in [0, 0.05) is 30.0 Å². The third-order valence-corrected chi connectivity index (χ3v) is 6.78. The van der Waals surface area contributed by atoms with Crippen molar-refractivity contribution in [2.75, 3.05) is 20.2 Å². The Morgan fingerprint density at radius 2 is 1.87 bits per heavy atom. The van der Waals surface area contributed by atoms with Crippen LogP contribution in [0.25, 0.3) is 10.9 Å². The summed E-state index contributed by atoms with van der Waals surface area (Å²) < 4.78 is 7.06. The monoisotopic (exact) mass is 411 g/mol. The average Bonchev–Trinajstić information content (AvgIpc) is 3.09. The van der Waals surface area contributed by atoms with Crippen molar-refractivity contribution in [3.8, 4) is 5.75 Å². The van der Waals surface area contributed by atoms with E-state index in [1.807, 2.05) is 43.9 Å². The van der Waals surface area contributed by atoms with E-state index in [1.54, 1.807) is 11.8 Å². The molecule has 1 aliphatic carbocycles. The van der Waals surface area contributed by atoms with E-state index in [9.17, 15) is 9.59 Å². The highest BCUT2D eigenvalue weighted by Gasteiger charge is 2.33. The van der Waals surface area contributed by atoms with Gasteiger partial charge in [0.15, 0.2) is 5.78 Å². The summed E-state index contributed by atoms with van der Waals surface area (Å²) in [6, 6.07) is 5.57. The predicted octanol–water partition coefficient (Wildman–Crippen LogP) is 4.31. The van der Waals surface area contributed by atoms with Crippen molar-refractivity contribution in [2.45, 2.75) is 59.4 Å². The summed E-state index contributed by atoms with van der Waals surface area (Å²) >= 11 is 0. The first kappa shape index (κ1) is 20.9. The lowest BCUT2D eigenvalue weighted by Gasteiger charge is -2.41. The molecule has 2 fully saturated rings. The molecule has 0 radical (unpaired) electrons. The molecule has 4 rings (SSSR count). The van der Waals surface area contributed by atoms with E-state index in [1.165, 1.54) is 25.7 Å². The van der Waals surface area contributed by atoms with Gasteiger partial charge in [-0.3, -0.25) is 14.3 Å². The molecular weight excluding hydrogens is 378 g/mol. The number of hydrogen-bond acceptors (Lipinski definition) is 4. The molecule has 0 bridgehead atoms. The minimum atomic E-state index is -0.543. The summed E-state index contributed by atoms with van der Waals surface area (Å²) in [5, 5.41) is 5.38. The molecule has 0 N–H and O–H groups in total. The maximum atomic E-state index is 13.2. The molecule has 0 spiro atoms. The fourth-order valence-corrected chi connectivity index (χ4v) is 4.98. The van der Waals surface area contributed by atoms with Gasteiger partial charge in [0.05, 0.1) is 12.6 Å². The Morgan fingerprint density at radius 3 is 2.57 bits per heavy atom. The molecule has 1 aliphatic heterocycles. The summed E-state index contributed by atoms with van der Waals surface area (Å²) in [6.07, 6.45) is 6.28. The quantitative estimate of drug-likeness (QED) is 0.703. The number of hydrogen-bond donors (Lipinski definition) is 0. The van der Waals surface area contributed by atoms with E-state index in [2.05, 4.69) is 5.10 Å². The maximum Gasteiger partial charge on any atom is 0.244 e. The number of Topliss-reactive ketones (excluding diaryl/α,β-unsaturated/α-hetero) is 1. The second-order valence-electron chi connectivity index (χ2n) is 9.90. The summed E-state index contributed by atoms with van der Waals surface area (Å²) in [6.45, 7) is 7.52. The summed E-state index contributed by atoms with van der Waals surface area (Å²) in [5.41, 5.74) is 0.653. The van der Waals surface area contributed by atoms with Crippen molar-refractivity contribution in [2.24, 2.45) is 17.3 Å². The first-order chi connectivity index (χ1) is 14.3. The van der Waals surface area contributed by atoms with Gasteiger partial charge in [0.2, 0.25) is 5.91 Å². The molecule has 2 unspecified atom stereocenters. The molecule has 1 aromatic heterocycles. The van der Waals surface area contributed by atoms with E-state index in [0.717, 1.165) is 36.3 Å². The van der Waals surface area contributed by atoms with E-state index < -0.39 is 5.41 Å². The van der Waals surface area contributed by atoms with E-state index in [-0.39, 0.29) is 18.2 Å². The molecule has 1 amide bonds. The molecule has 1 aromatic carbocycles. The molecule has 1 saturated carbocycles. The highest BCUT2D eigenvalue weighted by atomic mass is 16.5. The number of ether oxygens (including phenoxy) is 1. The van der Waals surface area contributed by atoms with Crippen LogP contribution in [0.3, 0.4) is 0 Å². The third-order valence-electron chi connectivity index (χ3n) is 6.78. The number of amides is 1. The van der Waals surface area contributed by atoms with Gasteiger partial charge in [0.25, 0.3) is 0 Å². The lowest BCUT2D eigenvalue weighted by molar-refractivity contribution is -0.135. The number of aromatic nitrogens is 2. The Labute approximate surface area is 178 Å². The molecule has 6 nitrogen and oxygen atoms in total. The van der Waals surface area contributed by atoms with E-state index in [4.69, 9.17) is 4.74 Å². The molecule has 162 valence electrons. The SMILES string of the molecule is COc1ccc2c(C(=O)C(C)(C)C)nn(CC(=O)N3CCC4CCCCC4C3)c2c1. The van der Waals surface area contributed by atoms with Crippen LogP contribution in [-0.2, 0) is 11.3 Å². The number of benzene rings is 1. The minimum absolute atomic E-state index is 0.0214. The van der Waals surface area contributed by atoms with E-state index >= 15 is 0 Å². The molecule has 30 heavy (non-hydrogen) atoms. The normalized spacial score (nSPS) is 22.1. The molecule has 2 aliphatic rings.